The fourth-order valence-corrected chi connectivity index (χ4v) is 0.705. The Kier molecular flexibility index (Phi) is 6.45. The molecule has 3 N–H and O–H groups in total. The molecule has 0 aromatic rings. The largest absolute Gasteiger partial charge is 2.00 e. The molecule has 0 saturated heterocycles. The maximum absolute atomic E-state index is 10.2. The summed E-state index contributed by atoms with van der Waals surface area (Å²) in [5.41, 5.74) is -3.40. The third-order valence-electron chi connectivity index (χ3n) is 1.45. The molecule has 0 aliphatic carbocycles. The standard InChI is InChI=1S/C6H8O8.Mg/c7-2(8)1-6(14,5(12)13)3(9)4(10)11;/h3,9,14H,1H2,(H,7,8)(H,10,11)(H,12,13);/q;+2/p-2. The number of carbonyl (C=O) groups is 3. The van der Waals surface area contributed by atoms with Crippen LogP contribution in [0.2, 0.25) is 0 Å². The van der Waals surface area contributed by atoms with Crippen LogP contribution < -0.4 is 10.2 Å². The van der Waals surface area contributed by atoms with Crippen molar-refractivity contribution in [2.75, 3.05) is 0 Å². The van der Waals surface area contributed by atoms with Crippen LogP contribution in [0.4, 0.5) is 0 Å². The second-order valence-electron chi connectivity index (χ2n) is 2.50. The summed E-state index contributed by atoms with van der Waals surface area (Å²) < 4.78 is 0. The smallest absolute Gasteiger partial charge is 0.550 e. The number of carboxylic acids is 3. The van der Waals surface area contributed by atoms with E-state index in [1.165, 1.54) is 0 Å². The predicted octanol–water partition coefficient (Wildman–Crippen LogP) is -5.33. The first-order valence-corrected chi connectivity index (χ1v) is 3.26. The third kappa shape index (κ3) is 3.99. The summed E-state index contributed by atoms with van der Waals surface area (Å²) in [4.78, 5) is 30.3. The van der Waals surface area contributed by atoms with Crippen LogP contribution in [0.15, 0.2) is 0 Å². The van der Waals surface area contributed by atoms with Crippen molar-refractivity contribution in [2.45, 2.75) is 18.1 Å². The van der Waals surface area contributed by atoms with Gasteiger partial charge in [-0.15, -0.1) is 0 Å². The van der Waals surface area contributed by atoms with Gasteiger partial charge in [0.25, 0.3) is 0 Å². The van der Waals surface area contributed by atoms with Gasteiger partial charge < -0.3 is 35.1 Å². The van der Waals surface area contributed by atoms with E-state index >= 15 is 0 Å². The Labute approximate surface area is 99.3 Å². The molecule has 0 aliphatic heterocycles. The van der Waals surface area contributed by atoms with Gasteiger partial charge in [0.05, 0.1) is 5.97 Å². The van der Waals surface area contributed by atoms with Crippen LogP contribution in [-0.4, -0.2) is 68.0 Å². The van der Waals surface area contributed by atoms with Crippen LogP contribution in [0.5, 0.6) is 0 Å². The Morgan fingerprint density at radius 3 is 1.87 bits per heavy atom. The Balaban J connectivity index is 0. The topological polar surface area (TPSA) is 158 Å². The second kappa shape index (κ2) is 5.85. The first kappa shape index (κ1) is 16.5. The summed E-state index contributed by atoms with van der Waals surface area (Å²) in [6.45, 7) is 0. The number of carbonyl (C=O) groups excluding carboxylic acids is 2. The number of aliphatic carboxylic acids is 3. The Morgan fingerprint density at radius 1 is 1.27 bits per heavy atom. The summed E-state index contributed by atoms with van der Waals surface area (Å²) in [6, 6.07) is 0. The number of hydrogen-bond donors (Lipinski definition) is 3. The molecule has 0 heterocycles. The van der Waals surface area contributed by atoms with Crippen molar-refractivity contribution in [1.82, 2.24) is 0 Å². The fourth-order valence-electron chi connectivity index (χ4n) is 0.705. The number of aliphatic hydroxyl groups excluding tert-OH is 1. The molecule has 0 amide bonds. The summed E-state index contributed by atoms with van der Waals surface area (Å²) in [5, 5.41) is 46.1. The molecule has 15 heavy (non-hydrogen) atoms. The van der Waals surface area contributed by atoms with Gasteiger partial charge in [-0.25, -0.2) is 4.79 Å². The van der Waals surface area contributed by atoms with Gasteiger partial charge in [-0.1, -0.05) is 0 Å². The van der Waals surface area contributed by atoms with Crippen molar-refractivity contribution in [3.05, 3.63) is 0 Å². The zero-order valence-electron chi connectivity index (χ0n) is 7.37. The van der Waals surface area contributed by atoms with Crippen LogP contribution in [0.25, 0.3) is 0 Å². The van der Waals surface area contributed by atoms with Crippen LogP contribution in [0.3, 0.4) is 0 Å². The minimum Gasteiger partial charge on any atom is -0.550 e. The van der Waals surface area contributed by atoms with E-state index in [0.717, 1.165) is 0 Å². The Morgan fingerprint density at radius 2 is 1.67 bits per heavy atom. The van der Waals surface area contributed by atoms with E-state index in [2.05, 4.69) is 0 Å². The quantitative estimate of drug-likeness (QED) is 0.395. The van der Waals surface area contributed by atoms with Crippen LogP contribution >= 0.6 is 0 Å². The third-order valence-corrected chi connectivity index (χ3v) is 1.45. The van der Waals surface area contributed by atoms with Crippen molar-refractivity contribution in [2.24, 2.45) is 0 Å². The molecule has 0 saturated carbocycles. The number of rotatable bonds is 5. The van der Waals surface area contributed by atoms with E-state index in [0.29, 0.717) is 0 Å². The van der Waals surface area contributed by atoms with Crippen molar-refractivity contribution < 1.29 is 39.9 Å². The maximum Gasteiger partial charge on any atom is 2.00 e. The van der Waals surface area contributed by atoms with Crippen molar-refractivity contribution >= 4 is 41.0 Å². The minimum atomic E-state index is -3.40. The molecule has 0 radical (unpaired) electrons. The molecule has 0 fully saturated rings. The van der Waals surface area contributed by atoms with E-state index < -0.39 is 36.0 Å². The normalized spacial score (nSPS) is 15.6. The molecule has 0 aliphatic rings. The van der Waals surface area contributed by atoms with E-state index in [9.17, 15) is 24.6 Å². The van der Waals surface area contributed by atoms with E-state index in [4.69, 9.17) is 15.3 Å². The molecule has 9 heteroatoms. The predicted molar refractivity (Wildman–Crippen MR) is 39.0 cm³/mol. The van der Waals surface area contributed by atoms with Crippen molar-refractivity contribution in [3.63, 3.8) is 0 Å². The van der Waals surface area contributed by atoms with Crippen LogP contribution in [-0.2, 0) is 14.4 Å². The van der Waals surface area contributed by atoms with Gasteiger partial charge in [0.2, 0.25) is 0 Å². The van der Waals surface area contributed by atoms with E-state index in [1.807, 2.05) is 0 Å². The average Bonchev–Trinajstić information content (AvgIpc) is 2.00. The minimum absolute atomic E-state index is 0. The molecular formula is C6H6MgO8. The average molecular weight is 230 g/mol. The van der Waals surface area contributed by atoms with Crippen LogP contribution in [0, 0.1) is 0 Å². The molecule has 0 aromatic carbocycles. The number of hydrogen-bond acceptors (Lipinski definition) is 7. The Bertz CT molecular complexity index is 276. The molecule has 2 unspecified atom stereocenters. The molecule has 0 spiro atoms. The summed E-state index contributed by atoms with van der Waals surface area (Å²) in [7, 11) is 0. The van der Waals surface area contributed by atoms with Gasteiger partial charge in [-0.2, -0.15) is 0 Å². The zero-order valence-corrected chi connectivity index (χ0v) is 8.79. The molecule has 0 rings (SSSR count). The maximum atomic E-state index is 10.2. The zero-order chi connectivity index (χ0) is 11.5. The van der Waals surface area contributed by atoms with Gasteiger partial charge in [-0.3, -0.25) is 0 Å². The second-order valence-corrected chi connectivity index (χ2v) is 2.50. The fraction of sp³-hybridized carbons (Fsp3) is 0.500. The van der Waals surface area contributed by atoms with E-state index in [1.54, 1.807) is 0 Å². The van der Waals surface area contributed by atoms with Gasteiger partial charge in [0.15, 0.2) is 6.10 Å². The molecular weight excluding hydrogens is 224 g/mol. The van der Waals surface area contributed by atoms with Gasteiger partial charge in [0, 0.05) is 12.4 Å². The molecule has 0 aromatic heterocycles. The van der Waals surface area contributed by atoms with Gasteiger partial charge in [-0.05, 0) is 0 Å². The molecule has 8 nitrogen and oxygen atoms in total. The van der Waals surface area contributed by atoms with Crippen molar-refractivity contribution in [1.29, 1.82) is 0 Å². The summed E-state index contributed by atoms with van der Waals surface area (Å²) in [6.07, 6.45) is -4.38. The molecule has 80 valence electrons. The first-order chi connectivity index (χ1) is 6.21. The monoisotopic (exact) mass is 230 g/mol. The molecule has 2 atom stereocenters. The van der Waals surface area contributed by atoms with Crippen molar-refractivity contribution in [3.8, 4) is 0 Å². The number of aliphatic hydroxyl groups is 2. The SMILES string of the molecule is O=C([O-])CC(O)(C(=O)[O-])C(O)C(=O)O.[Mg+2]. The number of carboxylic acid groups (broad SMARTS) is 3. The Hall–Kier alpha value is -0.904. The van der Waals surface area contributed by atoms with Gasteiger partial charge >= 0.3 is 29.0 Å². The van der Waals surface area contributed by atoms with Gasteiger partial charge in [0.1, 0.15) is 5.60 Å². The summed E-state index contributed by atoms with van der Waals surface area (Å²) >= 11 is 0. The molecule has 0 bridgehead atoms. The summed E-state index contributed by atoms with van der Waals surface area (Å²) in [5.74, 6) is -6.52. The van der Waals surface area contributed by atoms with E-state index in [-0.39, 0.29) is 23.1 Å². The van der Waals surface area contributed by atoms with Crippen LogP contribution in [0.1, 0.15) is 6.42 Å². The first-order valence-electron chi connectivity index (χ1n) is 3.26.